The molecule has 0 saturated heterocycles. The zero-order chi connectivity index (χ0) is 17.3. The number of carbonyl (C=O) groups excluding carboxylic acids is 1. The molecule has 2 atom stereocenters. The van der Waals surface area contributed by atoms with Crippen LogP contribution >= 0.6 is 0 Å². The average molecular weight is 328 g/mol. The summed E-state index contributed by atoms with van der Waals surface area (Å²) in [4.78, 5) is 14.5. The van der Waals surface area contributed by atoms with Crippen molar-refractivity contribution in [2.24, 2.45) is 7.05 Å². The second-order valence-corrected chi connectivity index (χ2v) is 6.36. The maximum atomic E-state index is 12.8. The minimum absolute atomic E-state index is 0.0786. The number of aryl methyl sites for hydroxylation is 2. The third-order valence-electron chi connectivity index (χ3n) is 4.70. The van der Waals surface area contributed by atoms with Gasteiger partial charge in [-0.15, -0.1) is 0 Å². The minimum atomic E-state index is -0.294. The number of aromatic nitrogens is 2. The van der Waals surface area contributed by atoms with Gasteiger partial charge in [0.05, 0.1) is 24.4 Å². The van der Waals surface area contributed by atoms with Crippen molar-refractivity contribution in [1.82, 2.24) is 20.0 Å². The van der Waals surface area contributed by atoms with E-state index in [-0.39, 0.29) is 24.7 Å². The SMILES string of the molecule is Cc1nn(C)cc1C(C)NC(=O)N1CCc2ccccc2C1CO. The molecule has 6 heteroatoms. The van der Waals surface area contributed by atoms with Crippen LogP contribution in [0.3, 0.4) is 0 Å². The average Bonchev–Trinajstić information content (AvgIpc) is 2.92. The molecular formula is C18H24N4O2. The highest BCUT2D eigenvalue weighted by atomic mass is 16.3. The van der Waals surface area contributed by atoms with E-state index in [9.17, 15) is 9.90 Å². The van der Waals surface area contributed by atoms with E-state index in [1.165, 1.54) is 5.56 Å². The topological polar surface area (TPSA) is 70.4 Å². The van der Waals surface area contributed by atoms with E-state index in [1.54, 1.807) is 9.58 Å². The van der Waals surface area contributed by atoms with E-state index in [4.69, 9.17) is 0 Å². The summed E-state index contributed by atoms with van der Waals surface area (Å²) in [5.41, 5.74) is 4.15. The third-order valence-corrected chi connectivity index (χ3v) is 4.70. The van der Waals surface area contributed by atoms with Crippen LogP contribution in [0.2, 0.25) is 0 Å². The van der Waals surface area contributed by atoms with Gasteiger partial charge in [-0.05, 0) is 31.4 Å². The van der Waals surface area contributed by atoms with Gasteiger partial charge < -0.3 is 15.3 Å². The Balaban J connectivity index is 1.76. The number of aliphatic hydroxyl groups excluding tert-OH is 1. The summed E-state index contributed by atoms with van der Waals surface area (Å²) in [7, 11) is 1.87. The molecule has 128 valence electrons. The van der Waals surface area contributed by atoms with E-state index in [2.05, 4.69) is 16.5 Å². The molecule has 1 aliphatic heterocycles. The normalized spacial score (nSPS) is 18.2. The Morgan fingerprint density at radius 1 is 1.46 bits per heavy atom. The number of urea groups is 1. The lowest BCUT2D eigenvalue weighted by Gasteiger charge is -2.37. The number of carbonyl (C=O) groups is 1. The van der Waals surface area contributed by atoms with E-state index in [0.717, 1.165) is 23.2 Å². The van der Waals surface area contributed by atoms with Crippen LogP contribution in [0, 0.1) is 6.92 Å². The Labute approximate surface area is 142 Å². The van der Waals surface area contributed by atoms with Crippen molar-refractivity contribution in [3.8, 4) is 0 Å². The summed E-state index contributed by atoms with van der Waals surface area (Å²) in [6.45, 7) is 4.41. The lowest BCUT2D eigenvalue weighted by molar-refractivity contribution is 0.125. The summed E-state index contributed by atoms with van der Waals surface area (Å²) in [5.74, 6) is 0. The molecule has 2 N–H and O–H groups in total. The monoisotopic (exact) mass is 328 g/mol. The van der Waals surface area contributed by atoms with Crippen LogP contribution in [0.15, 0.2) is 30.5 Å². The quantitative estimate of drug-likeness (QED) is 0.906. The Bertz CT molecular complexity index is 740. The number of rotatable bonds is 3. The maximum absolute atomic E-state index is 12.8. The van der Waals surface area contributed by atoms with Crippen LogP contribution in [-0.2, 0) is 13.5 Å². The van der Waals surface area contributed by atoms with Gasteiger partial charge in [0.15, 0.2) is 0 Å². The predicted molar refractivity (Wildman–Crippen MR) is 91.6 cm³/mol. The van der Waals surface area contributed by atoms with E-state index in [0.29, 0.717) is 6.54 Å². The molecule has 0 fully saturated rings. The lowest BCUT2D eigenvalue weighted by Crippen LogP contribution is -2.47. The van der Waals surface area contributed by atoms with Gasteiger partial charge in [0.1, 0.15) is 0 Å². The Morgan fingerprint density at radius 3 is 2.88 bits per heavy atom. The first-order chi connectivity index (χ1) is 11.5. The molecule has 3 rings (SSSR count). The number of fused-ring (bicyclic) bond motifs is 1. The van der Waals surface area contributed by atoms with Gasteiger partial charge >= 0.3 is 6.03 Å². The largest absolute Gasteiger partial charge is 0.394 e. The van der Waals surface area contributed by atoms with E-state index < -0.39 is 0 Å². The molecule has 0 bridgehead atoms. The molecule has 24 heavy (non-hydrogen) atoms. The fourth-order valence-corrected chi connectivity index (χ4v) is 3.48. The fourth-order valence-electron chi connectivity index (χ4n) is 3.48. The van der Waals surface area contributed by atoms with Gasteiger partial charge in [-0.1, -0.05) is 24.3 Å². The fraction of sp³-hybridized carbons (Fsp3) is 0.444. The van der Waals surface area contributed by atoms with Gasteiger partial charge in [0, 0.05) is 25.4 Å². The number of aliphatic hydroxyl groups is 1. The van der Waals surface area contributed by atoms with Crippen molar-refractivity contribution in [2.75, 3.05) is 13.2 Å². The number of benzene rings is 1. The van der Waals surface area contributed by atoms with Crippen LogP contribution in [-0.4, -0.2) is 39.0 Å². The highest BCUT2D eigenvalue weighted by Crippen LogP contribution is 2.29. The van der Waals surface area contributed by atoms with Crippen LogP contribution in [0.4, 0.5) is 4.79 Å². The van der Waals surface area contributed by atoms with Crippen molar-refractivity contribution < 1.29 is 9.90 Å². The second kappa shape index (κ2) is 6.65. The molecule has 0 spiro atoms. The molecule has 0 aliphatic carbocycles. The van der Waals surface area contributed by atoms with Crippen LogP contribution in [0.5, 0.6) is 0 Å². The van der Waals surface area contributed by atoms with Gasteiger partial charge in [-0.2, -0.15) is 5.10 Å². The number of hydrogen-bond donors (Lipinski definition) is 2. The van der Waals surface area contributed by atoms with E-state index in [1.807, 2.05) is 45.3 Å². The summed E-state index contributed by atoms with van der Waals surface area (Å²) in [6, 6.07) is 7.42. The molecule has 1 aromatic heterocycles. The van der Waals surface area contributed by atoms with Crippen molar-refractivity contribution in [3.05, 3.63) is 52.8 Å². The van der Waals surface area contributed by atoms with Gasteiger partial charge in [-0.25, -0.2) is 4.79 Å². The van der Waals surface area contributed by atoms with Crippen LogP contribution in [0.25, 0.3) is 0 Å². The Hall–Kier alpha value is -2.34. The van der Waals surface area contributed by atoms with Crippen LogP contribution in [0.1, 0.15) is 41.4 Å². The second-order valence-electron chi connectivity index (χ2n) is 6.36. The van der Waals surface area contributed by atoms with Gasteiger partial charge in [0.2, 0.25) is 0 Å². The molecular weight excluding hydrogens is 304 g/mol. The number of amides is 2. The first-order valence-corrected chi connectivity index (χ1v) is 8.27. The Kier molecular flexibility index (Phi) is 4.57. The first-order valence-electron chi connectivity index (χ1n) is 8.27. The molecule has 2 unspecified atom stereocenters. The maximum Gasteiger partial charge on any atom is 0.318 e. The minimum Gasteiger partial charge on any atom is -0.394 e. The molecule has 0 radical (unpaired) electrons. The van der Waals surface area contributed by atoms with Crippen molar-refractivity contribution >= 4 is 6.03 Å². The van der Waals surface area contributed by atoms with Gasteiger partial charge in [-0.3, -0.25) is 4.68 Å². The smallest absolute Gasteiger partial charge is 0.318 e. The van der Waals surface area contributed by atoms with E-state index >= 15 is 0 Å². The molecule has 1 aromatic carbocycles. The van der Waals surface area contributed by atoms with Crippen molar-refractivity contribution in [3.63, 3.8) is 0 Å². The summed E-state index contributed by atoms with van der Waals surface area (Å²) >= 11 is 0. The molecule has 2 amide bonds. The highest BCUT2D eigenvalue weighted by Gasteiger charge is 2.31. The number of nitrogens with one attached hydrogen (secondary N) is 1. The zero-order valence-corrected chi connectivity index (χ0v) is 14.4. The first kappa shape index (κ1) is 16.5. The highest BCUT2D eigenvalue weighted by molar-refractivity contribution is 5.76. The van der Waals surface area contributed by atoms with Gasteiger partial charge in [0.25, 0.3) is 0 Å². The van der Waals surface area contributed by atoms with Crippen molar-refractivity contribution in [2.45, 2.75) is 32.4 Å². The molecule has 2 aromatic rings. The summed E-state index contributed by atoms with van der Waals surface area (Å²) in [5, 5.41) is 17.2. The van der Waals surface area contributed by atoms with Crippen molar-refractivity contribution in [1.29, 1.82) is 0 Å². The molecule has 6 nitrogen and oxygen atoms in total. The molecule has 0 saturated carbocycles. The molecule has 1 aliphatic rings. The lowest BCUT2D eigenvalue weighted by atomic mass is 9.93. The van der Waals surface area contributed by atoms with Crippen LogP contribution < -0.4 is 5.32 Å². The number of hydrogen-bond acceptors (Lipinski definition) is 3. The predicted octanol–water partition coefficient (Wildman–Crippen LogP) is 2.09. The Morgan fingerprint density at radius 2 is 2.21 bits per heavy atom. The zero-order valence-electron chi connectivity index (χ0n) is 14.4. The summed E-state index contributed by atoms with van der Waals surface area (Å²) < 4.78 is 1.75. The number of nitrogens with zero attached hydrogens (tertiary/aromatic N) is 3. The third kappa shape index (κ3) is 3.01. The summed E-state index contributed by atoms with van der Waals surface area (Å²) in [6.07, 6.45) is 2.73. The molecule has 2 heterocycles. The standard InChI is InChI=1S/C18H24N4O2/c1-12(16-10-21(3)20-13(16)2)19-18(24)22-9-8-14-6-4-5-7-15(14)17(22)11-23/h4-7,10,12,17,23H,8-9,11H2,1-3H3,(H,19,24).